The normalized spacial score (nSPS) is 18.8. The molecular formula is C13H15ClN2O3. The molecule has 1 aliphatic rings. The highest BCUT2D eigenvalue weighted by atomic mass is 35.5. The van der Waals surface area contributed by atoms with Gasteiger partial charge in [0.15, 0.2) is 0 Å². The van der Waals surface area contributed by atoms with Crippen molar-refractivity contribution in [2.45, 2.75) is 19.4 Å². The van der Waals surface area contributed by atoms with Crippen molar-refractivity contribution in [3.05, 3.63) is 28.8 Å². The molecule has 0 saturated carbocycles. The zero-order valence-electron chi connectivity index (χ0n) is 10.5. The number of hydrogen-bond acceptors (Lipinski definition) is 3. The number of morpholine rings is 1. The lowest BCUT2D eigenvalue weighted by atomic mass is 10.1. The van der Waals surface area contributed by atoms with Crippen molar-refractivity contribution in [2.24, 2.45) is 0 Å². The fourth-order valence-corrected chi connectivity index (χ4v) is 2.00. The van der Waals surface area contributed by atoms with E-state index in [1.807, 2.05) is 6.92 Å². The van der Waals surface area contributed by atoms with E-state index in [2.05, 4.69) is 10.6 Å². The number of nitrogens with one attached hydrogen (secondary N) is 2. The van der Waals surface area contributed by atoms with E-state index in [0.29, 0.717) is 23.9 Å². The van der Waals surface area contributed by atoms with Crippen LogP contribution in [0.15, 0.2) is 18.2 Å². The Labute approximate surface area is 116 Å². The maximum atomic E-state index is 11.9. The van der Waals surface area contributed by atoms with Crippen LogP contribution in [0.2, 0.25) is 5.02 Å². The van der Waals surface area contributed by atoms with Crippen LogP contribution >= 0.6 is 11.6 Å². The molecule has 2 rings (SSSR count). The molecule has 1 saturated heterocycles. The van der Waals surface area contributed by atoms with Gasteiger partial charge >= 0.3 is 0 Å². The number of halogens is 1. The highest BCUT2D eigenvalue weighted by Gasteiger charge is 2.25. The number of hydrogen-bond donors (Lipinski definition) is 2. The lowest BCUT2D eigenvalue weighted by Gasteiger charge is -2.22. The number of rotatable bonds is 3. The third kappa shape index (κ3) is 3.45. The van der Waals surface area contributed by atoms with E-state index >= 15 is 0 Å². The SMILES string of the molecule is Cc1c(Cl)cccc1NC(=O)C[C@@H]1OCCNC1=O. The van der Waals surface area contributed by atoms with Gasteiger partial charge in [-0.15, -0.1) is 0 Å². The van der Waals surface area contributed by atoms with E-state index in [-0.39, 0.29) is 18.2 Å². The molecule has 0 spiro atoms. The van der Waals surface area contributed by atoms with Gasteiger partial charge in [-0.2, -0.15) is 0 Å². The average molecular weight is 283 g/mol. The summed E-state index contributed by atoms with van der Waals surface area (Å²) in [6, 6.07) is 5.28. The molecule has 1 atom stereocenters. The van der Waals surface area contributed by atoms with Crippen LogP contribution in [0, 0.1) is 6.92 Å². The molecule has 1 aromatic carbocycles. The monoisotopic (exact) mass is 282 g/mol. The third-order valence-electron chi connectivity index (χ3n) is 2.93. The second-order valence-corrected chi connectivity index (χ2v) is 4.72. The summed E-state index contributed by atoms with van der Waals surface area (Å²) >= 11 is 5.97. The number of amides is 2. The minimum atomic E-state index is -0.715. The number of carbonyl (C=O) groups is 2. The number of benzene rings is 1. The van der Waals surface area contributed by atoms with Crippen LogP contribution in [-0.2, 0) is 14.3 Å². The van der Waals surface area contributed by atoms with Gasteiger partial charge in [-0.05, 0) is 24.6 Å². The molecule has 0 unspecified atom stereocenters. The molecule has 0 radical (unpaired) electrons. The fourth-order valence-electron chi connectivity index (χ4n) is 1.83. The molecule has 2 amide bonds. The third-order valence-corrected chi connectivity index (χ3v) is 3.33. The van der Waals surface area contributed by atoms with Gasteiger partial charge in [0, 0.05) is 17.3 Å². The van der Waals surface area contributed by atoms with Crippen LogP contribution < -0.4 is 10.6 Å². The summed E-state index contributed by atoms with van der Waals surface area (Å²) in [4.78, 5) is 23.3. The molecule has 6 heteroatoms. The van der Waals surface area contributed by atoms with Gasteiger partial charge in [0.1, 0.15) is 6.10 Å². The fraction of sp³-hybridized carbons (Fsp3) is 0.385. The van der Waals surface area contributed by atoms with Crippen molar-refractivity contribution < 1.29 is 14.3 Å². The van der Waals surface area contributed by atoms with E-state index in [9.17, 15) is 9.59 Å². The first-order valence-electron chi connectivity index (χ1n) is 6.02. The molecule has 1 aromatic rings. The molecular weight excluding hydrogens is 268 g/mol. The first-order valence-corrected chi connectivity index (χ1v) is 6.40. The van der Waals surface area contributed by atoms with E-state index in [0.717, 1.165) is 5.56 Å². The number of carbonyl (C=O) groups excluding carboxylic acids is 2. The van der Waals surface area contributed by atoms with Gasteiger partial charge in [0.2, 0.25) is 11.8 Å². The van der Waals surface area contributed by atoms with Gasteiger partial charge in [-0.3, -0.25) is 9.59 Å². The molecule has 19 heavy (non-hydrogen) atoms. The first-order chi connectivity index (χ1) is 9.08. The smallest absolute Gasteiger partial charge is 0.249 e. The van der Waals surface area contributed by atoms with E-state index in [1.54, 1.807) is 18.2 Å². The van der Waals surface area contributed by atoms with Crippen LogP contribution in [0.1, 0.15) is 12.0 Å². The lowest BCUT2D eigenvalue weighted by molar-refractivity contribution is -0.141. The maximum Gasteiger partial charge on any atom is 0.249 e. The number of ether oxygens (including phenoxy) is 1. The van der Waals surface area contributed by atoms with Crippen LogP contribution in [0.3, 0.4) is 0 Å². The van der Waals surface area contributed by atoms with E-state index in [4.69, 9.17) is 16.3 Å². The highest BCUT2D eigenvalue weighted by Crippen LogP contribution is 2.23. The molecule has 0 aromatic heterocycles. The average Bonchev–Trinajstić information content (AvgIpc) is 2.38. The van der Waals surface area contributed by atoms with Crippen molar-refractivity contribution in [2.75, 3.05) is 18.5 Å². The molecule has 0 bridgehead atoms. The molecule has 2 N–H and O–H groups in total. The lowest BCUT2D eigenvalue weighted by Crippen LogP contribution is -2.45. The largest absolute Gasteiger partial charge is 0.366 e. The summed E-state index contributed by atoms with van der Waals surface area (Å²) in [5.74, 6) is -0.517. The first kappa shape index (κ1) is 13.8. The molecule has 1 heterocycles. The molecule has 102 valence electrons. The van der Waals surface area contributed by atoms with Gasteiger partial charge in [-0.1, -0.05) is 17.7 Å². The summed E-state index contributed by atoms with van der Waals surface area (Å²) in [6.45, 7) is 2.74. The molecule has 5 nitrogen and oxygen atoms in total. The Balaban J connectivity index is 1.97. The summed E-state index contributed by atoms with van der Waals surface area (Å²) in [5.41, 5.74) is 1.44. The van der Waals surface area contributed by atoms with Crippen molar-refractivity contribution in [3.63, 3.8) is 0 Å². The second-order valence-electron chi connectivity index (χ2n) is 4.32. The van der Waals surface area contributed by atoms with Crippen LogP contribution in [0.5, 0.6) is 0 Å². The Hall–Kier alpha value is -1.59. The van der Waals surface area contributed by atoms with Crippen LogP contribution in [0.25, 0.3) is 0 Å². The molecule has 0 aliphatic carbocycles. The number of anilines is 1. The van der Waals surface area contributed by atoms with Gasteiger partial charge in [0.25, 0.3) is 0 Å². The van der Waals surface area contributed by atoms with Gasteiger partial charge in [0.05, 0.1) is 13.0 Å². The minimum Gasteiger partial charge on any atom is -0.366 e. The summed E-state index contributed by atoms with van der Waals surface area (Å²) in [6.07, 6.45) is -0.717. The highest BCUT2D eigenvalue weighted by molar-refractivity contribution is 6.31. The Morgan fingerprint density at radius 3 is 3.11 bits per heavy atom. The molecule has 1 fully saturated rings. The van der Waals surface area contributed by atoms with Crippen LogP contribution in [0.4, 0.5) is 5.69 Å². The van der Waals surface area contributed by atoms with Gasteiger partial charge in [-0.25, -0.2) is 0 Å². The van der Waals surface area contributed by atoms with Gasteiger partial charge < -0.3 is 15.4 Å². The predicted octanol–water partition coefficient (Wildman–Crippen LogP) is 1.49. The minimum absolute atomic E-state index is 0.00220. The Morgan fingerprint density at radius 1 is 1.58 bits per heavy atom. The van der Waals surface area contributed by atoms with Crippen molar-refractivity contribution in [3.8, 4) is 0 Å². The Morgan fingerprint density at radius 2 is 2.37 bits per heavy atom. The standard InChI is InChI=1S/C13H15ClN2O3/c1-8-9(14)3-2-4-10(8)16-12(17)7-11-13(18)15-5-6-19-11/h2-4,11H,5-7H2,1H3,(H,15,18)(H,16,17)/t11-/m0/s1. The maximum absolute atomic E-state index is 11.9. The zero-order chi connectivity index (χ0) is 13.8. The quantitative estimate of drug-likeness (QED) is 0.883. The summed E-state index contributed by atoms with van der Waals surface area (Å²) in [5, 5.41) is 5.98. The van der Waals surface area contributed by atoms with E-state index in [1.165, 1.54) is 0 Å². The van der Waals surface area contributed by atoms with Crippen molar-refractivity contribution in [1.82, 2.24) is 5.32 Å². The van der Waals surface area contributed by atoms with E-state index < -0.39 is 6.10 Å². The summed E-state index contributed by atoms with van der Waals surface area (Å²) in [7, 11) is 0. The van der Waals surface area contributed by atoms with Crippen molar-refractivity contribution >= 4 is 29.1 Å². The Kier molecular flexibility index (Phi) is 4.39. The second kappa shape index (κ2) is 6.04. The topological polar surface area (TPSA) is 67.4 Å². The Bertz CT molecular complexity index is 505. The zero-order valence-corrected chi connectivity index (χ0v) is 11.3. The van der Waals surface area contributed by atoms with Crippen LogP contribution in [-0.4, -0.2) is 31.1 Å². The molecule has 1 aliphatic heterocycles. The van der Waals surface area contributed by atoms with Crippen molar-refractivity contribution in [1.29, 1.82) is 0 Å². The predicted molar refractivity (Wildman–Crippen MR) is 72.2 cm³/mol. The summed E-state index contributed by atoms with van der Waals surface area (Å²) < 4.78 is 5.25.